The zero-order valence-electron chi connectivity index (χ0n) is 9.16. The fourth-order valence-corrected chi connectivity index (χ4v) is 1.55. The molecular formula is C11H17N3O. The number of nitrogens with two attached hydrogens (primary N) is 2. The van der Waals surface area contributed by atoms with Crippen LogP contribution in [-0.4, -0.2) is 26.0 Å². The van der Waals surface area contributed by atoms with Crippen LogP contribution in [0.5, 0.6) is 0 Å². The molecule has 4 heteroatoms. The standard InChI is InChI=1S/C11H17N3O/c1-8-7-9(11(13)15)3-4-10(8)14(2)6-5-12/h3-4,7H,5-6,12H2,1-2H3,(H2,13,15). The van der Waals surface area contributed by atoms with Crippen molar-refractivity contribution in [2.24, 2.45) is 11.5 Å². The lowest BCUT2D eigenvalue weighted by Crippen LogP contribution is -2.25. The van der Waals surface area contributed by atoms with Gasteiger partial charge in [0.1, 0.15) is 0 Å². The Balaban J connectivity index is 2.97. The molecule has 0 atom stereocenters. The Morgan fingerprint density at radius 2 is 2.13 bits per heavy atom. The maximum Gasteiger partial charge on any atom is 0.248 e. The zero-order chi connectivity index (χ0) is 11.4. The summed E-state index contributed by atoms with van der Waals surface area (Å²) in [6.45, 7) is 3.35. The number of rotatable bonds is 4. The van der Waals surface area contributed by atoms with E-state index in [-0.39, 0.29) is 0 Å². The number of carbonyl (C=O) groups is 1. The van der Waals surface area contributed by atoms with Crippen molar-refractivity contribution in [3.8, 4) is 0 Å². The van der Waals surface area contributed by atoms with Crippen LogP contribution >= 0.6 is 0 Å². The van der Waals surface area contributed by atoms with E-state index in [1.165, 1.54) is 0 Å². The zero-order valence-corrected chi connectivity index (χ0v) is 9.16. The normalized spacial score (nSPS) is 10.1. The van der Waals surface area contributed by atoms with Crippen LogP contribution in [0.3, 0.4) is 0 Å². The summed E-state index contributed by atoms with van der Waals surface area (Å²) >= 11 is 0. The van der Waals surface area contributed by atoms with Crippen LogP contribution in [0, 0.1) is 6.92 Å². The van der Waals surface area contributed by atoms with Crippen LogP contribution in [0.1, 0.15) is 15.9 Å². The van der Waals surface area contributed by atoms with E-state index < -0.39 is 5.91 Å². The smallest absolute Gasteiger partial charge is 0.248 e. The third-order valence-electron chi connectivity index (χ3n) is 2.36. The highest BCUT2D eigenvalue weighted by Gasteiger charge is 2.06. The lowest BCUT2D eigenvalue weighted by molar-refractivity contribution is 0.1000. The van der Waals surface area contributed by atoms with E-state index in [1.807, 2.05) is 20.0 Å². The highest BCUT2D eigenvalue weighted by molar-refractivity contribution is 5.93. The fourth-order valence-electron chi connectivity index (χ4n) is 1.55. The number of likely N-dealkylation sites (N-methyl/N-ethyl adjacent to an activating group) is 1. The SMILES string of the molecule is Cc1cc(C(N)=O)ccc1N(C)CCN. The van der Waals surface area contributed by atoms with Crippen molar-refractivity contribution in [2.75, 3.05) is 25.0 Å². The lowest BCUT2D eigenvalue weighted by Gasteiger charge is -2.20. The minimum Gasteiger partial charge on any atom is -0.373 e. The highest BCUT2D eigenvalue weighted by Crippen LogP contribution is 2.19. The molecule has 0 heterocycles. The van der Waals surface area contributed by atoms with E-state index in [9.17, 15) is 4.79 Å². The van der Waals surface area contributed by atoms with Gasteiger partial charge in [-0.05, 0) is 30.7 Å². The second-order valence-corrected chi connectivity index (χ2v) is 3.58. The molecule has 15 heavy (non-hydrogen) atoms. The van der Waals surface area contributed by atoms with E-state index in [0.29, 0.717) is 12.1 Å². The molecule has 4 N–H and O–H groups in total. The fraction of sp³-hybridized carbons (Fsp3) is 0.364. The van der Waals surface area contributed by atoms with Gasteiger partial charge in [0.15, 0.2) is 0 Å². The van der Waals surface area contributed by atoms with Crippen molar-refractivity contribution in [2.45, 2.75) is 6.92 Å². The van der Waals surface area contributed by atoms with Crippen LogP contribution in [-0.2, 0) is 0 Å². The lowest BCUT2D eigenvalue weighted by atomic mass is 10.1. The van der Waals surface area contributed by atoms with Gasteiger partial charge < -0.3 is 16.4 Å². The van der Waals surface area contributed by atoms with Crippen LogP contribution < -0.4 is 16.4 Å². The van der Waals surface area contributed by atoms with Crippen LogP contribution in [0.4, 0.5) is 5.69 Å². The average Bonchev–Trinajstić information content (AvgIpc) is 2.17. The summed E-state index contributed by atoms with van der Waals surface area (Å²) in [5, 5.41) is 0. The summed E-state index contributed by atoms with van der Waals surface area (Å²) in [6.07, 6.45) is 0. The molecule has 0 saturated carbocycles. The van der Waals surface area contributed by atoms with Gasteiger partial charge >= 0.3 is 0 Å². The number of hydrogen-bond donors (Lipinski definition) is 2. The van der Waals surface area contributed by atoms with Gasteiger partial charge in [-0.2, -0.15) is 0 Å². The molecule has 1 amide bonds. The predicted molar refractivity (Wildman–Crippen MR) is 62.0 cm³/mol. The van der Waals surface area contributed by atoms with E-state index in [4.69, 9.17) is 11.5 Å². The van der Waals surface area contributed by atoms with E-state index in [1.54, 1.807) is 12.1 Å². The molecule has 1 aromatic rings. The van der Waals surface area contributed by atoms with E-state index >= 15 is 0 Å². The molecule has 0 spiro atoms. The molecule has 82 valence electrons. The Morgan fingerprint density at radius 1 is 1.47 bits per heavy atom. The molecule has 0 unspecified atom stereocenters. The Kier molecular flexibility index (Phi) is 3.68. The van der Waals surface area contributed by atoms with Gasteiger partial charge in [-0.3, -0.25) is 4.79 Å². The van der Waals surface area contributed by atoms with Gasteiger partial charge in [-0.25, -0.2) is 0 Å². The number of hydrogen-bond acceptors (Lipinski definition) is 3. The number of carbonyl (C=O) groups excluding carboxylic acids is 1. The molecule has 4 nitrogen and oxygen atoms in total. The Labute approximate surface area is 89.9 Å². The third-order valence-corrected chi connectivity index (χ3v) is 2.36. The monoisotopic (exact) mass is 207 g/mol. The summed E-state index contributed by atoms with van der Waals surface area (Å²) in [5.74, 6) is -0.397. The summed E-state index contributed by atoms with van der Waals surface area (Å²) < 4.78 is 0. The van der Waals surface area contributed by atoms with Crippen LogP contribution in [0.15, 0.2) is 18.2 Å². The van der Waals surface area contributed by atoms with Gasteiger partial charge in [-0.1, -0.05) is 0 Å². The van der Waals surface area contributed by atoms with Gasteiger partial charge in [0.2, 0.25) is 5.91 Å². The first-order chi connectivity index (χ1) is 7.06. The molecule has 1 aromatic carbocycles. The summed E-state index contributed by atoms with van der Waals surface area (Å²) in [4.78, 5) is 13.0. The minimum absolute atomic E-state index is 0.397. The summed E-state index contributed by atoms with van der Waals surface area (Å²) in [6, 6.07) is 5.42. The molecule has 0 aliphatic rings. The molecule has 0 bridgehead atoms. The summed E-state index contributed by atoms with van der Waals surface area (Å²) in [7, 11) is 1.97. The van der Waals surface area contributed by atoms with Gasteiger partial charge in [0, 0.05) is 31.4 Å². The number of aryl methyl sites for hydroxylation is 1. The highest BCUT2D eigenvalue weighted by atomic mass is 16.1. The molecule has 0 aromatic heterocycles. The van der Waals surface area contributed by atoms with Crippen molar-refractivity contribution >= 4 is 11.6 Å². The number of benzene rings is 1. The van der Waals surface area contributed by atoms with Gasteiger partial charge in [-0.15, -0.1) is 0 Å². The first-order valence-electron chi connectivity index (χ1n) is 4.88. The molecule has 0 saturated heterocycles. The molecule has 0 aliphatic heterocycles. The van der Waals surface area contributed by atoms with E-state index in [0.717, 1.165) is 17.8 Å². The Morgan fingerprint density at radius 3 is 2.60 bits per heavy atom. The maximum absolute atomic E-state index is 10.9. The first-order valence-corrected chi connectivity index (χ1v) is 4.88. The van der Waals surface area contributed by atoms with Gasteiger partial charge in [0.05, 0.1) is 0 Å². The number of anilines is 1. The molecule has 1 rings (SSSR count). The first kappa shape index (κ1) is 11.5. The Hall–Kier alpha value is -1.55. The maximum atomic E-state index is 10.9. The Bertz CT molecular complexity index is 363. The minimum atomic E-state index is -0.397. The molecular weight excluding hydrogens is 190 g/mol. The third kappa shape index (κ3) is 2.70. The van der Waals surface area contributed by atoms with Crippen molar-refractivity contribution in [3.63, 3.8) is 0 Å². The van der Waals surface area contributed by atoms with Crippen molar-refractivity contribution in [1.82, 2.24) is 0 Å². The predicted octanol–water partition coefficient (Wildman–Crippen LogP) is 0.489. The summed E-state index contributed by atoms with van der Waals surface area (Å²) in [5.41, 5.74) is 13.3. The largest absolute Gasteiger partial charge is 0.373 e. The van der Waals surface area contributed by atoms with Gasteiger partial charge in [0.25, 0.3) is 0 Å². The quantitative estimate of drug-likeness (QED) is 0.754. The number of primary amides is 1. The molecule has 0 fully saturated rings. The number of nitrogens with zero attached hydrogens (tertiary/aromatic N) is 1. The van der Waals surface area contributed by atoms with Crippen molar-refractivity contribution in [3.05, 3.63) is 29.3 Å². The van der Waals surface area contributed by atoms with Crippen LogP contribution in [0.2, 0.25) is 0 Å². The molecule has 0 radical (unpaired) electrons. The van der Waals surface area contributed by atoms with E-state index in [2.05, 4.69) is 4.90 Å². The number of amides is 1. The van der Waals surface area contributed by atoms with Crippen LogP contribution in [0.25, 0.3) is 0 Å². The topological polar surface area (TPSA) is 72.4 Å². The second kappa shape index (κ2) is 4.79. The average molecular weight is 207 g/mol. The second-order valence-electron chi connectivity index (χ2n) is 3.58. The van der Waals surface area contributed by atoms with Crippen molar-refractivity contribution in [1.29, 1.82) is 0 Å². The van der Waals surface area contributed by atoms with Crippen molar-refractivity contribution < 1.29 is 4.79 Å². The molecule has 0 aliphatic carbocycles.